The molecule has 27 heavy (non-hydrogen) atoms. The highest BCUT2D eigenvalue weighted by Crippen LogP contribution is 2.51. The van der Waals surface area contributed by atoms with E-state index in [4.69, 9.17) is 18.9 Å². The van der Waals surface area contributed by atoms with Crippen molar-refractivity contribution >= 4 is 22.7 Å². The molecule has 0 heterocycles. The lowest BCUT2D eigenvalue weighted by Gasteiger charge is -2.20. The molecule has 0 aliphatic heterocycles. The van der Waals surface area contributed by atoms with E-state index >= 15 is 0 Å². The fourth-order valence-corrected chi connectivity index (χ4v) is 2.51. The summed E-state index contributed by atoms with van der Waals surface area (Å²) in [7, 11) is 2.89. The average molecular weight is 374 g/mol. The van der Waals surface area contributed by atoms with E-state index in [1.807, 2.05) is 25.1 Å². The van der Waals surface area contributed by atoms with Gasteiger partial charge in [0.2, 0.25) is 11.5 Å². The van der Waals surface area contributed by atoms with E-state index in [2.05, 4.69) is 0 Å². The van der Waals surface area contributed by atoms with Crippen LogP contribution >= 0.6 is 0 Å². The largest absolute Gasteiger partial charge is 0.490 e. The van der Waals surface area contributed by atoms with Crippen LogP contribution in [0.25, 0.3) is 10.8 Å². The molecule has 6 heteroatoms. The van der Waals surface area contributed by atoms with Crippen LogP contribution in [0.5, 0.6) is 23.0 Å². The monoisotopic (exact) mass is 374 g/mol. The Bertz CT molecular complexity index is 867. The molecule has 0 fully saturated rings. The van der Waals surface area contributed by atoms with Gasteiger partial charge in [0.1, 0.15) is 0 Å². The minimum Gasteiger partial charge on any atom is -0.490 e. The Morgan fingerprint density at radius 2 is 1.19 bits per heavy atom. The van der Waals surface area contributed by atoms with Crippen LogP contribution in [0, 0.1) is 18.8 Å². The second-order valence-electron chi connectivity index (χ2n) is 6.93. The van der Waals surface area contributed by atoms with Gasteiger partial charge in [-0.1, -0.05) is 45.4 Å². The van der Waals surface area contributed by atoms with E-state index in [9.17, 15) is 9.59 Å². The van der Waals surface area contributed by atoms with Gasteiger partial charge < -0.3 is 18.9 Å². The number of carbonyl (C=O) groups is 2. The number of esters is 2. The normalized spacial score (nSPS) is 11.0. The molecule has 2 aromatic rings. The third-order valence-corrected chi connectivity index (χ3v) is 4.04. The first kappa shape index (κ1) is 20.6. The zero-order valence-corrected chi connectivity index (χ0v) is 16.8. The summed E-state index contributed by atoms with van der Waals surface area (Å²) in [5.74, 6) is -0.540. The molecule has 0 atom stereocenters. The van der Waals surface area contributed by atoms with E-state index in [-0.39, 0.29) is 34.8 Å². The van der Waals surface area contributed by atoms with Crippen molar-refractivity contribution in [1.29, 1.82) is 0 Å². The van der Waals surface area contributed by atoms with Crippen molar-refractivity contribution < 1.29 is 28.5 Å². The topological polar surface area (TPSA) is 71.1 Å². The molecular formula is C21H26O6. The van der Waals surface area contributed by atoms with Gasteiger partial charge >= 0.3 is 11.9 Å². The van der Waals surface area contributed by atoms with Crippen molar-refractivity contribution in [2.45, 2.75) is 34.6 Å². The zero-order chi connectivity index (χ0) is 20.3. The number of hydrogen-bond acceptors (Lipinski definition) is 6. The number of ether oxygens (including phenoxy) is 4. The second-order valence-corrected chi connectivity index (χ2v) is 6.93. The number of hydrogen-bond donors (Lipinski definition) is 0. The molecule has 0 spiro atoms. The fourth-order valence-electron chi connectivity index (χ4n) is 2.51. The number of benzene rings is 2. The van der Waals surface area contributed by atoms with Crippen LogP contribution in [0.2, 0.25) is 0 Å². The quantitative estimate of drug-likeness (QED) is 0.555. The van der Waals surface area contributed by atoms with Crippen LogP contribution in [0.1, 0.15) is 33.3 Å². The van der Waals surface area contributed by atoms with Crippen molar-refractivity contribution in [3.63, 3.8) is 0 Å². The van der Waals surface area contributed by atoms with Gasteiger partial charge in [0.15, 0.2) is 11.5 Å². The van der Waals surface area contributed by atoms with E-state index in [0.717, 1.165) is 5.56 Å². The number of carbonyl (C=O) groups excluding carboxylic acids is 2. The smallest absolute Gasteiger partial charge is 0.313 e. The lowest BCUT2D eigenvalue weighted by Crippen LogP contribution is -2.17. The highest BCUT2D eigenvalue weighted by atomic mass is 16.6. The van der Waals surface area contributed by atoms with E-state index < -0.39 is 11.9 Å². The van der Waals surface area contributed by atoms with E-state index in [1.54, 1.807) is 27.7 Å². The standard InChI is InChI=1S/C21H26O6/c1-11(2)20(22)26-16-14-9-8-13(5)10-15(14)17(27-21(23)12(3)4)19(25-7)18(16)24-6/h8-12H,1-7H3. The van der Waals surface area contributed by atoms with Crippen molar-refractivity contribution in [3.05, 3.63) is 23.8 Å². The highest BCUT2D eigenvalue weighted by molar-refractivity contribution is 6.01. The minimum absolute atomic E-state index is 0.203. The Labute approximate surface area is 159 Å². The Balaban J connectivity index is 2.83. The molecule has 0 aliphatic carbocycles. The van der Waals surface area contributed by atoms with Crippen LogP contribution in [-0.4, -0.2) is 26.2 Å². The molecule has 0 saturated carbocycles. The predicted molar refractivity (Wildman–Crippen MR) is 103 cm³/mol. The van der Waals surface area contributed by atoms with Crippen LogP contribution in [-0.2, 0) is 9.59 Å². The maximum Gasteiger partial charge on any atom is 0.313 e. The lowest BCUT2D eigenvalue weighted by atomic mass is 10.0. The Morgan fingerprint density at radius 3 is 1.59 bits per heavy atom. The van der Waals surface area contributed by atoms with Gasteiger partial charge in [0.25, 0.3) is 0 Å². The van der Waals surface area contributed by atoms with Gasteiger partial charge in [-0.25, -0.2) is 0 Å². The first-order valence-electron chi connectivity index (χ1n) is 8.82. The third kappa shape index (κ3) is 4.15. The Hall–Kier alpha value is -2.76. The van der Waals surface area contributed by atoms with Crippen LogP contribution in [0.4, 0.5) is 0 Å². The molecule has 0 unspecified atom stereocenters. The van der Waals surface area contributed by atoms with Crippen molar-refractivity contribution in [2.24, 2.45) is 11.8 Å². The summed E-state index contributed by atoms with van der Waals surface area (Å²) in [6, 6.07) is 5.55. The SMILES string of the molecule is COc1c(OC)c(OC(=O)C(C)C)c2cc(C)ccc2c1OC(=O)C(C)C. The van der Waals surface area contributed by atoms with E-state index in [1.165, 1.54) is 14.2 Å². The predicted octanol–water partition coefficient (Wildman–Crippen LogP) is 4.29. The minimum atomic E-state index is -0.399. The van der Waals surface area contributed by atoms with Crippen molar-refractivity contribution in [2.75, 3.05) is 14.2 Å². The maximum absolute atomic E-state index is 12.3. The summed E-state index contributed by atoms with van der Waals surface area (Å²) in [6.07, 6.45) is 0. The maximum atomic E-state index is 12.3. The van der Waals surface area contributed by atoms with Gasteiger partial charge in [-0.15, -0.1) is 0 Å². The molecule has 2 rings (SSSR count). The fraction of sp³-hybridized carbons (Fsp3) is 0.429. The molecule has 0 N–H and O–H groups in total. The number of methoxy groups -OCH3 is 2. The summed E-state index contributed by atoms with van der Waals surface area (Å²) < 4.78 is 22.2. The number of aryl methyl sites for hydroxylation is 1. The van der Waals surface area contributed by atoms with Gasteiger partial charge in [-0.2, -0.15) is 0 Å². The first-order valence-corrected chi connectivity index (χ1v) is 8.82. The highest BCUT2D eigenvalue weighted by Gasteiger charge is 2.27. The molecule has 2 aromatic carbocycles. The summed E-state index contributed by atoms with van der Waals surface area (Å²) in [6.45, 7) is 8.91. The van der Waals surface area contributed by atoms with Gasteiger partial charge in [0.05, 0.1) is 26.1 Å². The molecule has 146 valence electrons. The molecular weight excluding hydrogens is 348 g/mol. The average Bonchev–Trinajstić information content (AvgIpc) is 2.62. The van der Waals surface area contributed by atoms with Gasteiger partial charge in [-0.3, -0.25) is 9.59 Å². The third-order valence-electron chi connectivity index (χ3n) is 4.04. The zero-order valence-electron chi connectivity index (χ0n) is 16.8. The molecule has 0 amide bonds. The molecule has 0 aliphatic rings. The molecule has 6 nitrogen and oxygen atoms in total. The summed E-state index contributed by atoms with van der Waals surface area (Å²) in [4.78, 5) is 24.5. The van der Waals surface area contributed by atoms with Crippen molar-refractivity contribution in [1.82, 2.24) is 0 Å². The second kappa shape index (κ2) is 8.29. The summed E-state index contributed by atoms with van der Waals surface area (Å²) in [5.41, 5.74) is 0.956. The van der Waals surface area contributed by atoms with Crippen molar-refractivity contribution in [3.8, 4) is 23.0 Å². The molecule has 0 bridgehead atoms. The first-order chi connectivity index (χ1) is 12.7. The van der Waals surface area contributed by atoms with Crippen LogP contribution in [0.3, 0.4) is 0 Å². The summed E-state index contributed by atoms with van der Waals surface area (Å²) in [5, 5.41) is 1.20. The lowest BCUT2D eigenvalue weighted by molar-refractivity contribution is -0.138. The van der Waals surface area contributed by atoms with E-state index in [0.29, 0.717) is 10.8 Å². The number of fused-ring (bicyclic) bond motifs is 1. The Kier molecular flexibility index (Phi) is 6.31. The van der Waals surface area contributed by atoms with Crippen LogP contribution in [0.15, 0.2) is 18.2 Å². The molecule has 0 aromatic heterocycles. The van der Waals surface area contributed by atoms with Gasteiger partial charge in [0, 0.05) is 10.8 Å². The molecule has 0 saturated heterocycles. The van der Waals surface area contributed by atoms with Crippen LogP contribution < -0.4 is 18.9 Å². The molecule has 0 radical (unpaired) electrons. The van der Waals surface area contributed by atoms with Gasteiger partial charge in [-0.05, 0) is 13.0 Å². The summed E-state index contributed by atoms with van der Waals surface area (Å²) >= 11 is 0. The Morgan fingerprint density at radius 1 is 0.741 bits per heavy atom. The number of rotatable bonds is 6.